The van der Waals surface area contributed by atoms with Gasteiger partial charge < -0.3 is 25.7 Å². The average Bonchev–Trinajstić information content (AvgIpc) is 2.92. The third kappa shape index (κ3) is 8.00. The Morgan fingerprint density at radius 3 is 1.63 bits per heavy atom. The van der Waals surface area contributed by atoms with Gasteiger partial charge in [0.25, 0.3) is 5.79 Å². The number of unbranched alkanes of at least 4 members (excludes halogenated alkanes) is 4. The summed E-state index contributed by atoms with van der Waals surface area (Å²) < 4.78 is 18.0. The van der Waals surface area contributed by atoms with Gasteiger partial charge in [-0.25, -0.2) is 9.59 Å². The van der Waals surface area contributed by atoms with Crippen molar-refractivity contribution in [2.24, 2.45) is 0 Å². The first-order valence-corrected chi connectivity index (χ1v) is 13.3. The zero-order chi connectivity index (χ0) is 27.4. The molecule has 0 bridgehead atoms. The molecule has 3 aromatic carbocycles. The van der Waals surface area contributed by atoms with E-state index in [1.165, 1.54) is 12.8 Å². The molecule has 0 aliphatic carbocycles. The molecule has 0 fully saturated rings. The Balaban J connectivity index is 1.92. The van der Waals surface area contributed by atoms with Crippen LogP contribution in [0.1, 0.15) is 85.1 Å². The van der Waals surface area contributed by atoms with Crippen LogP contribution < -0.4 is 16.2 Å². The summed E-state index contributed by atoms with van der Waals surface area (Å²) in [6.45, 7) is 4.81. The predicted molar refractivity (Wildman–Crippen MR) is 150 cm³/mol. The molecule has 0 spiro atoms. The molecule has 3 rings (SSSR count). The molecule has 0 saturated carbocycles. The lowest BCUT2D eigenvalue weighted by Gasteiger charge is -2.33. The number of nitrogen functional groups attached to an aromatic ring is 2. The summed E-state index contributed by atoms with van der Waals surface area (Å²) >= 11 is 0. The van der Waals surface area contributed by atoms with Crippen molar-refractivity contribution in [3.63, 3.8) is 0 Å². The lowest BCUT2D eigenvalue weighted by molar-refractivity contribution is -0.182. The zero-order valence-corrected chi connectivity index (χ0v) is 22.3. The minimum Gasteiger partial charge on any atom is -0.494 e. The van der Waals surface area contributed by atoms with Crippen molar-refractivity contribution in [3.8, 4) is 5.75 Å². The fourth-order valence-corrected chi connectivity index (χ4v) is 3.97. The van der Waals surface area contributed by atoms with Gasteiger partial charge >= 0.3 is 11.9 Å². The summed E-state index contributed by atoms with van der Waals surface area (Å²) in [5.74, 6) is -2.19. The second-order valence-electron chi connectivity index (χ2n) is 9.31. The van der Waals surface area contributed by atoms with Crippen LogP contribution in [0.4, 0.5) is 11.4 Å². The number of hydrogen-bond acceptors (Lipinski definition) is 7. The molecule has 7 nitrogen and oxygen atoms in total. The van der Waals surface area contributed by atoms with Gasteiger partial charge in [-0.2, -0.15) is 0 Å². The molecule has 0 atom stereocenters. The van der Waals surface area contributed by atoms with Gasteiger partial charge in [-0.05, 0) is 85.6 Å². The third-order valence-corrected chi connectivity index (χ3v) is 6.23. The number of carbonyl (C=O) groups excluding carboxylic acids is 2. The number of esters is 2. The smallest absolute Gasteiger partial charge is 0.341 e. The molecule has 4 N–H and O–H groups in total. The second-order valence-corrected chi connectivity index (χ2v) is 9.31. The van der Waals surface area contributed by atoms with Gasteiger partial charge in [0.05, 0.1) is 17.7 Å². The molecule has 0 amide bonds. The maximum absolute atomic E-state index is 13.3. The molecule has 38 heavy (non-hydrogen) atoms. The fraction of sp³-hybridized carbons (Fsp3) is 0.355. The Morgan fingerprint density at radius 2 is 1.16 bits per heavy atom. The van der Waals surface area contributed by atoms with Crippen molar-refractivity contribution >= 4 is 23.3 Å². The first kappa shape index (κ1) is 28.6. The number of nitrogens with two attached hydrogens (primary N) is 2. The van der Waals surface area contributed by atoms with Gasteiger partial charge in [-0.1, -0.05) is 39.5 Å². The molecule has 3 aromatic rings. The quantitative estimate of drug-likeness (QED) is 0.104. The molecule has 0 unspecified atom stereocenters. The van der Waals surface area contributed by atoms with Gasteiger partial charge in [-0.15, -0.1) is 0 Å². The summed E-state index contributed by atoms with van der Waals surface area (Å²) in [6, 6.07) is 20.0. The minimum atomic E-state index is -1.65. The molecule has 0 radical (unpaired) electrons. The highest BCUT2D eigenvalue weighted by Crippen LogP contribution is 2.36. The van der Waals surface area contributed by atoms with Crippen molar-refractivity contribution in [3.05, 3.63) is 89.5 Å². The third-order valence-electron chi connectivity index (χ3n) is 6.23. The summed E-state index contributed by atoms with van der Waals surface area (Å²) in [7, 11) is 0. The molecule has 0 heterocycles. The van der Waals surface area contributed by atoms with E-state index in [0.29, 0.717) is 46.8 Å². The monoisotopic (exact) mass is 518 g/mol. The van der Waals surface area contributed by atoms with Crippen LogP contribution in [-0.2, 0) is 15.3 Å². The van der Waals surface area contributed by atoms with E-state index in [4.69, 9.17) is 25.7 Å². The molecule has 0 aliphatic heterocycles. The Labute approximate surface area is 225 Å². The van der Waals surface area contributed by atoms with Gasteiger partial charge in [0.2, 0.25) is 0 Å². The Hall–Kier alpha value is -4.00. The minimum absolute atomic E-state index is 0.280. The Morgan fingerprint density at radius 1 is 0.658 bits per heavy atom. The topological polar surface area (TPSA) is 114 Å². The number of hydrogen-bond donors (Lipinski definition) is 2. The highest BCUT2D eigenvalue weighted by molar-refractivity contribution is 5.92. The van der Waals surface area contributed by atoms with Crippen LogP contribution in [0.2, 0.25) is 0 Å². The lowest BCUT2D eigenvalue weighted by Crippen LogP contribution is -2.38. The van der Waals surface area contributed by atoms with Gasteiger partial charge in [-0.3, -0.25) is 0 Å². The van der Waals surface area contributed by atoms with Crippen LogP contribution in [-0.4, -0.2) is 18.5 Å². The molecule has 202 valence electrons. The van der Waals surface area contributed by atoms with E-state index < -0.39 is 17.7 Å². The van der Waals surface area contributed by atoms with Crippen LogP contribution >= 0.6 is 0 Å². The van der Waals surface area contributed by atoms with E-state index in [9.17, 15) is 9.59 Å². The van der Waals surface area contributed by atoms with Crippen LogP contribution in [0.3, 0.4) is 0 Å². The van der Waals surface area contributed by atoms with E-state index in [2.05, 4.69) is 6.92 Å². The molecular formula is C31H38N2O5. The number of ether oxygens (including phenoxy) is 3. The molecular weight excluding hydrogens is 480 g/mol. The van der Waals surface area contributed by atoms with Gasteiger partial charge in [0.15, 0.2) is 0 Å². The first-order valence-electron chi connectivity index (χ1n) is 13.3. The molecule has 7 heteroatoms. The largest absolute Gasteiger partial charge is 0.494 e. The van der Waals surface area contributed by atoms with E-state index >= 15 is 0 Å². The van der Waals surface area contributed by atoms with Crippen LogP contribution in [0.5, 0.6) is 5.75 Å². The van der Waals surface area contributed by atoms with E-state index in [1.807, 2.05) is 19.1 Å². The Bertz CT molecular complexity index is 1100. The Kier molecular flexibility index (Phi) is 10.6. The van der Waals surface area contributed by atoms with E-state index in [0.717, 1.165) is 19.3 Å². The fourth-order valence-electron chi connectivity index (χ4n) is 3.97. The van der Waals surface area contributed by atoms with Crippen molar-refractivity contribution in [1.82, 2.24) is 0 Å². The van der Waals surface area contributed by atoms with Gasteiger partial charge in [0, 0.05) is 23.4 Å². The van der Waals surface area contributed by atoms with Crippen LogP contribution in [0, 0.1) is 0 Å². The molecule has 0 saturated heterocycles. The number of carbonyl (C=O) groups is 2. The summed E-state index contributed by atoms with van der Waals surface area (Å²) in [5.41, 5.74) is 13.8. The van der Waals surface area contributed by atoms with Crippen molar-refractivity contribution in [2.75, 3.05) is 18.1 Å². The SMILES string of the molecule is CCCCCCOc1ccc(C(CCCC)(OC(=O)c2ccc(N)cc2)OC(=O)c2ccc(N)cc2)cc1. The number of anilines is 2. The maximum atomic E-state index is 13.3. The van der Waals surface area contributed by atoms with Crippen molar-refractivity contribution < 1.29 is 23.8 Å². The van der Waals surface area contributed by atoms with Crippen LogP contribution in [0.25, 0.3) is 0 Å². The predicted octanol–water partition coefficient (Wildman–Crippen LogP) is 6.87. The lowest BCUT2D eigenvalue weighted by atomic mass is 9.98. The molecule has 0 aromatic heterocycles. The highest BCUT2D eigenvalue weighted by atomic mass is 16.7. The number of benzene rings is 3. The van der Waals surface area contributed by atoms with Crippen molar-refractivity contribution in [2.45, 2.75) is 64.6 Å². The van der Waals surface area contributed by atoms with E-state index in [1.54, 1.807) is 60.7 Å². The maximum Gasteiger partial charge on any atom is 0.341 e. The highest BCUT2D eigenvalue weighted by Gasteiger charge is 2.41. The molecule has 0 aliphatic rings. The second kappa shape index (κ2) is 14.1. The zero-order valence-electron chi connectivity index (χ0n) is 22.3. The summed E-state index contributed by atoms with van der Waals surface area (Å²) in [4.78, 5) is 26.5. The van der Waals surface area contributed by atoms with E-state index in [-0.39, 0.29) is 6.42 Å². The van der Waals surface area contributed by atoms with Crippen molar-refractivity contribution in [1.29, 1.82) is 0 Å². The first-order chi connectivity index (χ1) is 18.4. The average molecular weight is 519 g/mol. The summed E-state index contributed by atoms with van der Waals surface area (Å²) in [5, 5.41) is 0. The standard InChI is InChI=1S/C31H38N2O5/c1-3-5-7-8-22-36-28-19-13-25(14-20-28)31(21-6-4-2,37-29(34)23-9-15-26(32)16-10-23)38-30(35)24-11-17-27(33)18-12-24/h9-20H,3-8,21-22,32-33H2,1-2H3. The van der Waals surface area contributed by atoms with Crippen LogP contribution in [0.15, 0.2) is 72.8 Å². The number of rotatable bonds is 14. The van der Waals surface area contributed by atoms with Gasteiger partial charge in [0.1, 0.15) is 5.75 Å². The summed E-state index contributed by atoms with van der Waals surface area (Å²) in [6.07, 6.45) is 6.19. The normalized spacial score (nSPS) is 11.1.